The van der Waals surface area contributed by atoms with Gasteiger partial charge in [0.1, 0.15) is 0 Å². The van der Waals surface area contributed by atoms with Gasteiger partial charge in [0.05, 0.1) is 12.2 Å². The average Bonchev–Trinajstić information content (AvgIpc) is 2.80. The Labute approximate surface area is 197 Å². The summed E-state index contributed by atoms with van der Waals surface area (Å²) in [6, 6.07) is 2.60. The molecule has 0 bridgehead atoms. The molecule has 0 heterocycles. The third-order valence-corrected chi connectivity index (χ3v) is 8.05. The van der Waals surface area contributed by atoms with Crippen LogP contribution in [0.4, 0.5) is 13.2 Å². The number of carbonyl (C=O) groups excluding carboxylic acids is 1. The van der Waals surface area contributed by atoms with Crippen molar-refractivity contribution in [2.24, 2.45) is 23.7 Å². The van der Waals surface area contributed by atoms with Crippen LogP contribution in [0.2, 0.25) is 0 Å². The third-order valence-electron chi connectivity index (χ3n) is 8.05. The summed E-state index contributed by atoms with van der Waals surface area (Å²) < 4.78 is 46.7. The maximum atomic E-state index is 14.5. The molecular weight excluding hydrogens is 425 g/mol. The second kappa shape index (κ2) is 12.8. The third kappa shape index (κ3) is 7.23. The van der Waals surface area contributed by atoms with E-state index in [2.05, 4.69) is 6.92 Å². The zero-order valence-corrected chi connectivity index (χ0v) is 20.4. The molecule has 0 amide bonds. The largest absolute Gasteiger partial charge is 0.491 e. The SMILES string of the molecule is CCCC1CCC(CCC2CCC(CC(=O)c3ccc(OCC)c(F)c3C(F)F)CC2)CC1. The highest BCUT2D eigenvalue weighted by Crippen LogP contribution is 2.39. The van der Waals surface area contributed by atoms with Gasteiger partial charge in [-0.15, -0.1) is 0 Å². The number of carbonyl (C=O) groups is 1. The van der Waals surface area contributed by atoms with Crippen molar-refractivity contribution >= 4 is 5.78 Å². The van der Waals surface area contributed by atoms with E-state index in [1.165, 1.54) is 63.5 Å². The summed E-state index contributed by atoms with van der Waals surface area (Å²) in [6.45, 7) is 4.12. The van der Waals surface area contributed by atoms with Crippen molar-refractivity contribution < 1.29 is 22.7 Å². The van der Waals surface area contributed by atoms with Gasteiger partial charge in [0.15, 0.2) is 17.3 Å². The van der Waals surface area contributed by atoms with Crippen LogP contribution in [0.3, 0.4) is 0 Å². The minimum Gasteiger partial charge on any atom is -0.491 e. The van der Waals surface area contributed by atoms with Crippen LogP contribution in [0.1, 0.15) is 120 Å². The van der Waals surface area contributed by atoms with Gasteiger partial charge in [-0.05, 0) is 55.6 Å². The molecule has 0 radical (unpaired) electrons. The molecule has 2 fully saturated rings. The van der Waals surface area contributed by atoms with Gasteiger partial charge in [-0.25, -0.2) is 13.2 Å². The van der Waals surface area contributed by atoms with Crippen molar-refractivity contribution in [3.05, 3.63) is 29.1 Å². The predicted octanol–water partition coefficient (Wildman–Crippen LogP) is 8.93. The Kier molecular flexibility index (Phi) is 10.1. The minimum absolute atomic E-state index is 0.177. The first kappa shape index (κ1) is 26.1. The van der Waals surface area contributed by atoms with Crippen LogP contribution in [0.25, 0.3) is 0 Å². The first-order valence-corrected chi connectivity index (χ1v) is 13.2. The first-order valence-electron chi connectivity index (χ1n) is 13.2. The van der Waals surface area contributed by atoms with Gasteiger partial charge < -0.3 is 4.74 Å². The molecule has 0 saturated heterocycles. The standard InChI is InChI=1S/C28H41F3O2/c1-3-5-19-6-8-20(9-7-19)10-11-21-12-14-22(15-13-21)18-24(32)23-16-17-25(33-4-2)27(29)26(23)28(30)31/h16-17,19-22,28H,3-15,18H2,1-2H3. The van der Waals surface area contributed by atoms with Crippen LogP contribution in [-0.4, -0.2) is 12.4 Å². The summed E-state index contributed by atoms with van der Waals surface area (Å²) in [6.07, 6.45) is 12.2. The van der Waals surface area contributed by atoms with Gasteiger partial charge in [0.2, 0.25) is 0 Å². The second-order valence-corrected chi connectivity index (χ2v) is 10.3. The number of halogens is 3. The van der Waals surface area contributed by atoms with Gasteiger partial charge in [-0.1, -0.05) is 71.1 Å². The monoisotopic (exact) mass is 466 g/mol. The molecule has 186 valence electrons. The van der Waals surface area contributed by atoms with Crippen molar-refractivity contribution in [3.63, 3.8) is 0 Å². The molecule has 33 heavy (non-hydrogen) atoms. The van der Waals surface area contributed by atoms with Crippen LogP contribution < -0.4 is 4.74 Å². The molecule has 0 N–H and O–H groups in total. The fourth-order valence-corrected chi connectivity index (χ4v) is 6.08. The van der Waals surface area contributed by atoms with E-state index in [0.717, 1.165) is 43.4 Å². The Morgan fingerprint density at radius 3 is 1.88 bits per heavy atom. The lowest BCUT2D eigenvalue weighted by atomic mass is 9.74. The summed E-state index contributed by atoms with van der Waals surface area (Å²) in [5.41, 5.74) is -1.000. The maximum Gasteiger partial charge on any atom is 0.267 e. The zero-order valence-electron chi connectivity index (χ0n) is 20.4. The molecule has 2 aliphatic rings. The number of rotatable bonds is 11. The van der Waals surface area contributed by atoms with E-state index in [1.54, 1.807) is 6.92 Å². The number of ketones is 1. The lowest BCUT2D eigenvalue weighted by molar-refractivity contribution is 0.0924. The van der Waals surface area contributed by atoms with E-state index in [4.69, 9.17) is 4.74 Å². The molecule has 1 aromatic carbocycles. The highest BCUT2D eigenvalue weighted by atomic mass is 19.3. The lowest BCUT2D eigenvalue weighted by Crippen LogP contribution is -2.20. The number of hydrogen-bond donors (Lipinski definition) is 0. The second-order valence-electron chi connectivity index (χ2n) is 10.3. The van der Waals surface area contributed by atoms with E-state index in [9.17, 15) is 18.0 Å². The molecule has 0 aliphatic heterocycles. The van der Waals surface area contributed by atoms with Gasteiger partial charge in [0.25, 0.3) is 6.43 Å². The number of Topliss-reactive ketones (excluding diaryl/α,β-unsaturated/α-hetero) is 1. The molecule has 5 heteroatoms. The van der Waals surface area contributed by atoms with E-state index in [1.807, 2.05) is 0 Å². The van der Waals surface area contributed by atoms with Crippen LogP contribution in [0, 0.1) is 29.5 Å². The quantitative estimate of drug-likeness (QED) is 0.304. The van der Waals surface area contributed by atoms with E-state index in [0.29, 0.717) is 0 Å². The summed E-state index contributed by atoms with van der Waals surface area (Å²) in [5.74, 6) is 1.07. The van der Waals surface area contributed by atoms with Crippen LogP contribution in [0.5, 0.6) is 5.75 Å². The normalized spacial score (nSPS) is 25.9. The Morgan fingerprint density at radius 1 is 0.879 bits per heavy atom. The molecule has 1 aromatic rings. The molecule has 0 atom stereocenters. The Balaban J connectivity index is 1.45. The molecule has 0 spiro atoms. The molecule has 3 rings (SSSR count). The first-order chi connectivity index (χ1) is 15.9. The summed E-state index contributed by atoms with van der Waals surface area (Å²) in [7, 11) is 0. The minimum atomic E-state index is -3.04. The molecule has 0 aromatic heterocycles. The lowest BCUT2D eigenvalue weighted by Gasteiger charge is -2.32. The molecule has 2 saturated carbocycles. The smallest absolute Gasteiger partial charge is 0.267 e. The van der Waals surface area contributed by atoms with Crippen LogP contribution in [0.15, 0.2) is 12.1 Å². The van der Waals surface area contributed by atoms with Crippen molar-refractivity contribution in [3.8, 4) is 5.75 Å². The Morgan fingerprint density at radius 2 is 1.39 bits per heavy atom. The summed E-state index contributed by atoms with van der Waals surface area (Å²) in [5, 5.41) is 0. The van der Waals surface area contributed by atoms with Crippen LogP contribution >= 0.6 is 0 Å². The topological polar surface area (TPSA) is 26.3 Å². The van der Waals surface area contributed by atoms with Gasteiger partial charge in [-0.2, -0.15) is 0 Å². The van der Waals surface area contributed by atoms with Crippen molar-refractivity contribution in [1.29, 1.82) is 0 Å². The predicted molar refractivity (Wildman–Crippen MR) is 127 cm³/mol. The van der Waals surface area contributed by atoms with Crippen molar-refractivity contribution in [1.82, 2.24) is 0 Å². The zero-order chi connectivity index (χ0) is 23.8. The number of hydrogen-bond acceptors (Lipinski definition) is 2. The molecule has 2 nitrogen and oxygen atoms in total. The molecule has 2 aliphatic carbocycles. The van der Waals surface area contributed by atoms with E-state index < -0.39 is 17.8 Å². The van der Waals surface area contributed by atoms with Crippen molar-refractivity contribution in [2.75, 3.05) is 6.61 Å². The number of benzene rings is 1. The Hall–Kier alpha value is -1.52. The Bertz CT molecular complexity index is 748. The molecule has 0 unspecified atom stereocenters. The molecular formula is C28H41F3O2. The maximum absolute atomic E-state index is 14.5. The summed E-state index contributed by atoms with van der Waals surface area (Å²) >= 11 is 0. The highest BCUT2D eigenvalue weighted by Gasteiger charge is 2.29. The summed E-state index contributed by atoms with van der Waals surface area (Å²) in [4.78, 5) is 12.8. The van der Waals surface area contributed by atoms with Gasteiger partial charge >= 0.3 is 0 Å². The van der Waals surface area contributed by atoms with Gasteiger partial charge in [0, 0.05) is 12.0 Å². The number of ether oxygens (including phenoxy) is 1. The number of alkyl halides is 2. The average molecular weight is 467 g/mol. The van der Waals surface area contributed by atoms with E-state index in [-0.39, 0.29) is 36.0 Å². The van der Waals surface area contributed by atoms with Gasteiger partial charge in [-0.3, -0.25) is 4.79 Å². The van der Waals surface area contributed by atoms with E-state index >= 15 is 0 Å². The fraction of sp³-hybridized carbons (Fsp3) is 0.750. The van der Waals surface area contributed by atoms with Crippen LogP contribution in [-0.2, 0) is 0 Å². The fourth-order valence-electron chi connectivity index (χ4n) is 6.08. The highest BCUT2D eigenvalue weighted by molar-refractivity contribution is 5.98. The van der Waals surface area contributed by atoms with Crippen molar-refractivity contribution in [2.45, 2.75) is 104 Å².